The van der Waals surface area contributed by atoms with Crippen LogP contribution >= 0.6 is 0 Å². The smallest absolute Gasteiger partial charge is 0.407 e. The number of halogens is 1. The topological polar surface area (TPSA) is 128 Å². The standard InChI is InChI=1S/C21H20FN5O4/c22-15-10-27(21(29)30)6-5-18(15)31-17-4-3-13(7-14(17)9-23)16-8-19(25-11-24-16)26-20(28)12-1-2-12/h3-4,7-8,11-12,15,18H,1-2,5-6,10H2,(H,29,30)(H,24,25,26,28)/t15-,18+/m1/s1. The summed E-state index contributed by atoms with van der Waals surface area (Å²) in [6.07, 6.45) is -0.209. The number of hydrogen-bond donors (Lipinski definition) is 2. The van der Waals surface area contributed by atoms with Crippen molar-refractivity contribution in [3.63, 3.8) is 0 Å². The molecule has 1 aliphatic carbocycles. The molecule has 1 aliphatic heterocycles. The first-order valence-corrected chi connectivity index (χ1v) is 9.90. The number of nitrogens with one attached hydrogen (secondary N) is 1. The number of carbonyl (C=O) groups excluding carboxylic acids is 1. The number of piperidine rings is 1. The third-order valence-corrected chi connectivity index (χ3v) is 5.29. The van der Waals surface area contributed by atoms with Gasteiger partial charge in [0.15, 0.2) is 6.17 Å². The molecule has 2 aliphatic rings. The summed E-state index contributed by atoms with van der Waals surface area (Å²) in [5.41, 5.74) is 1.33. The van der Waals surface area contributed by atoms with E-state index in [4.69, 9.17) is 9.84 Å². The van der Waals surface area contributed by atoms with Gasteiger partial charge in [-0.25, -0.2) is 19.2 Å². The molecule has 2 N–H and O–H groups in total. The van der Waals surface area contributed by atoms with E-state index in [-0.39, 0.29) is 42.6 Å². The lowest BCUT2D eigenvalue weighted by molar-refractivity contribution is -0.117. The van der Waals surface area contributed by atoms with Crippen molar-refractivity contribution in [2.45, 2.75) is 31.5 Å². The zero-order chi connectivity index (χ0) is 22.0. The number of likely N-dealkylation sites (tertiary alicyclic amines) is 1. The highest BCUT2D eigenvalue weighted by molar-refractivity contribution is 5.93. The molecule has 0 unspecified atom stereocenters. The zero-order valence-corrected chi connectivity index (χ0v) is 16.5. The predicted octanol–water partition coefficient (Wildman–Crippen LogP) is 2.83. The highest BCUT2D eigenvalue weighted by Gasteiger charge is 2.33. The van der Waals surface area contributed by atoms with Gasteiger partial charge >= 0.3 is 6.09 Å². The van der Waals surface area contributed by atoms with Gasteiger partial charge in [0, 0.05) is 30.5 Å². The lowest BCUT2D eigenvalue weighted by Crippen LogP contribution is -2.48. The lowest BCUT2D eigenvalue weighted by Gasteiger charge is -2.33. The number of nitrogens with zero attached hydrogens (tertiary/aromatic N) is 4. The molecular formula is C21H20FN5O4. The van der Waals surface area contributed by atoms with E-state index >= 15 is 0 Å². The number of rotatable bonds is 5. The Kier molecular flexibility index (Phi) is 5.66. The number of benzene rings is 1. The molecule has 1 aromatic carbocycles. The molecule has 0 bridgehead atoms. The van der Waals surface area contributed by atoms with E-state index < -0.39 is 18.4 Å². The van der Waals surface area contributed by atoms with E-state index in [1.165, 1.54) is 6.33 Å². The van der Waals surface area contributed by atoms with Crippen LogP contribution in [0.4, 0.5) is 15.0 Å². The second-order valence-corrected chi connectivity index (χ2v) is 7.56. The van der Waals surface area contributed by atoms with E-state index in [2.05, 4.69) is 15.3 Å². The maximum absolute atomic E-state index is 14.4. The summed E-state index contributed by atoms with van der Waals surface area (Å²) < 4.78 is 20.1. The Morgan fingerprint density at radius 1 is 1.26 bits per heavy atom. The SMILES string of the molecule is N#Cc1cc(-c2cc(NC(=O)C3CC3)ncn2)ccc1O[C@H]1CCN(C(=O)O)C[C@H]1F. The lowest BCUT2D eigenvalue weighted by atomic mass is 10.0. The normalized spacial score (nSPS) is 20.6. The number of amides is 2. The molecule has 2 heterocycles. The summed E-state index contributed by atoms with van der Waals surface area (Å²) >= 11 is 0. The molecule has 0 spiro atoms. The van der Waals surface area contributed by atoms with Gasteiger partial charge in [0.1, 0.15) is 30.1 Å². The highest BCUT2D eigenvalue weighted by atomic mass is 19.1. The molecule has 1 saturated carbocycles. The molecule has 2 aromatic rings. The van der Waals surface area contributed by atoms with Crippen LogP contribution in [-0.2, 0) is 4.79 Å². The third-order valence-electron chi connectivity index (χ3n) is 5.29. The average Bonchev–Trinajstić information content (AvgIpc) is 3.61. The van der Waals surface area contributed by atoms with Crippen LogP contribution in [0, 0.1) is 17.2 Å². The number of nitriles is 1. The van der Waals surface area contributed by atoms with Crippen molar-refractivity contribution in [2.24, 2.45) is 5.92 Å². The fourth-order valence-corrected chi connectivity index (χ4v) is 3.39. The molecule has 10 heteroatoms. The molecule has 2 fully saturated rings. The minimum atomic E-state index is -1.49. The Bertz CT molecular complexity index is 1050. The molecular weight excluding hydrogens is 405 g/mol. The molecule has 2 amide bonds. The van der Waals surface area contributed by atoms with Crippen molar-refractivity contribution < 1.29 is 23.8 Å². The number of carboxylic acid groups (broad SMARTS) is 1. The van der Waals surface area contributed by atoms with Crippen LogP contribution in [0.15, 0.2) is 30.6 Å². The number of anilines is 1. The molecule has 2 atom stereocenters. The first-order chi connectivity index (χ1) is 14.9. The first-order valence-electron chi connectivity index (χ1n) is 9.90. The van der Waals surface area contributed by atoms with Gasteiger partial charge in [0.2, 0.25) is 5.91 Å². The van der Waals surface area contributed by atoms with Crippen molar-refractivity contribution in [2.75, 3.05) is 18.4 Å². The van der Waals surface area contributed by atoms with Crippen LogP contribution in [0.5, 0.6) is 5.75 Å². The summed E-state index contributed by atoms with van der Waals surface area (Å²) in [6.45, 7) is -0.104. The molecule has 0 radical (unpaired) electrons. The maximum atomic E-state index is 14.4. The van der Waals surface area contributed by atoms with Crippen molar-refractivity contribution in [3.8, 4) is 23.1 Å². The number of ether oxygens (including phenoxy) is 1. The largest absolute Gasteiger partial charge is 0.486 e. The van der Waals surface area contributed by atoms with E-state index in [0.717, 1.165) is 17.7 Å². The number of carbonyl (C=O) groups is 2. The van der Waals surface area contributed by atoms with Gasteiger partial charge in [0.25, 0.3) is 0 Å². The first kappa shape index (κ1) is 20.5. The van der Waals surface area contributed by atoms with Gasteiger partial charge < -0.3 is 20.1 Å². The molecule has 4 rings (SSSR count). The predicted molar refractivity (Wildman–Crippen MR) is 107 cm³/mol. The van der Waals surface area contributed by atoms with E-state index in [1.54, 1.807) is 24.3 Å². The molecule has 1 saturated heterocycles. The Balaban J connectivity index is 1.49. The number of alkyl halides is 1. The Hall–Kier alpha value is -3.74. The summed E-state index contributed by atoms with van der Waals surface area (Å²) in [5, 5.41) is 21.3. The summed E-state index contributed by atoms with van der Waals surface area (Å²) in [4.78, 5) is 32.2. The second-order valence-electron chi connectivity index (χ2n) is 7.56. The fraction of sp³-hybridized carbons (Fsp3) is 0.381. The molecule has 160 valence electrons. The van der Waals surface area contributed by atoms with E-state index in [9.17, 15) is 19.2 Å². The Labute approximate surface area is 177 Å². The van der Waals surface area contributed by atoms with Crippen LogP contribution in [0.3, 0.4) is 0 Å². The molecule has 1 aromatic heterocycles. The van der Waals surface area contributed by atoms with Gasteiger partial charge in [-0.05, 0) is 31.0 Å². The second kappa shape index (κ2) is 8.55. The maximum Gasteiger partial charge on any atom is 0.407 e. The number of aromatic nitrogens is 2. The Morgan fingerprint density at radius 2 is 2.06 bits per heavy atom. The van der Waals surface area contributed by atoms with Crippen molar-refractivity contribution in [3.05, 3.63) is 36.2 Å². The minimum absolute atomic E-state index is 0.0433. The van der Waals surface area contributed by atoms with Crippen molar-refractivity contribution in [1.82, 2.24) is 14.9 Å². The quantitative estimate of drug-likeness (QED) is 0.754. The van der Waals surface area contributed by atoms with E-state index in [1.807, 2.05) is 6.07 Å². The molecule has 9 nitrogen and oxygen atoms in total. The average molecular weight is 425 g/mol. The van der Waals surface area contributed by atoms with Gasteiger partial charge in [-0.15, -0.1) is 0 Å². The van der Waals surface area contributed by atoms with Gasteiger partial charge in [0.05, 0.1) is 17.8 Å². The number of hydrogen-bond acceptors (Lipinski definition) is 6. The van der Waals surface area contributed by atoms with Crippen LogP contribution in [0.1, 0.15) is 24.8 Å². The van der Waals surface area contributed by atoms with E-state index in [0.29, 0.717) is 17.1 Å². The zero-order valence-electron chi connectivity index (χ0n) is 16.5. The van der Waals surface area contributed by atoms with Gasteiger partial charge in [-0.1, -0.05) is 0 Å². The summed E-state index contributed by atoms with van der Waals surface area (Å²) in [6, 6.07) is 8.49. The Morgan fingerprint density at radius 3 is 2.74 bits per heavy atom. The van der Waals surface area contributed by atoms with Crippen molar-refractivity contribution in [1.29, 1.82) is 5.26 Å². The van der Waals surface area contributed by atoms with Crippen LogP contribution < -0.4 is 10.1 Å². The van der Waals surface area contributed by atoms with Crippen LogP contribution in [0.25, 0.3) is 11.3 Å². The monoisotopic (exact) mass is 425 g/mol. The minimum Gasteiger partial charge on any atom is -0.486 e. The van der Waals surface area contributed by atoms with Crippen LogP contribution in [0.2, 0.25) is 0 Å². The summed E-state index contributed by atoms with van der Waals surface area (Å²) in [7, 11) is 0. The molecule has 31 heavy (non-hydrogen) atoms. The van der Waals surface area contributed by atoms with Crippen LogP contribution in [-0.4, -0.2) is 57.3 Å². The van der Waals surface area contributed by atoms with Crippen molar-refractivity contribution >= 4 is 17.8 Å². The van der Waals surface area contributed by atoms with Gasteiger partial charge in [-0.3, -0.25) is 4.79 Å². The fourth-order valence-electron chi connectivity index (χ4n) is 3.39. The third kappa shape index (κ3) is 4.71. The highest BCUT2D eigenvalue weighted by Crippen LogP contribution is 2.31. The van der Waals surface area contributed by atoms with Gasteiger partial charge in [-0.2, -0.15) is 5.26 Å². The summed E-state index contributed by atoms with van der Waals surface area (Å²) in [5.74, 6) is 0.577.